The molecule has 1 heterocycles. The van der Waals surface area contributed by atoms with E-state index in [9.17, 15) is 19.2 Å². The van der Waals surface area contributed by atoms with Crippen molar-refractivity contribution < 1.29 is 33.4 Å². The number of hydrogen-bond acceptors (Lipinski definition) is 10. The van der Waals surface area contributed by atoms with Gasteiger partial charge in [-0.25, -0.2) is 14.6 Å². The van der Waals surface area contributed by atoms with Crippen molar-refractivity contribution in [1.82, 2.24) is 25.8 Å². The second-order valence-corrected chi connectivity index (χ2v) is 12.3. The van der Waals surface area contributed by atoms with Crippen LogP contribution in [0.4, 0.5) is 4.79 Å². The van der Waals surface area contributed by atoms with Crippen molar-refractivity contribution >= 4 is 35.7 Å². The molecule has 2 aliphatic rings. The van der Waals surface area contributed by atoms with Gasteiger partial charge in [0, 0.05) is 11.2 Å². The zero-order valence-corrected chi connectivity index (χ0v) is 23.8. The number of carbonyl (C=O) groups excluding carboxylic acids is 4. The molecule has 0 bridgehead atoms. The molecule has 3 rings (SSSR count). The summed E-state index contributed by atoms with van der Waals surface area (Å²) < 4.78 is 16.1. The average molecular weight is 554 g/mol. The zero-order valence-electron chi connectivity index (χ0n) is 23.0. The Labute approximate surface area is 227 Å². The smallest absolute Gasteiger partial charge is 0.408 e. The number of H-pyrrole nitrogens is 1. The quantitative estimate of drug-likeness (QED) is 0.274. The molecular formula is C25H39N5O7S. The van der Waals surface area contributed by atoms with Gasteiger partial charge in [-0.15, -0.1) is 0 Å². The minimum absolute atomic E-state index is 0.0542. The molecule has 2 fully saturated rings. The minimum Gasteiger partial charge on any atom is -0.466 e. The normalized spacial score (nSPS) is 26.7. The van der Waals surface area contributed by atoms with Crippen LogP contribution in [0.3, 0.4) is 0 Å². The number of nitrogens with zero attached hydrogens (tertiary/aromatic N) is 2. The van der Waals surface area contributed by atoms with E-state index < -0.39 is 53.0 Å². The van der Waals surface area contributed by atoms with Gasteiger partial charge in [-0.3, -0.25) is 14.7 Å². The lowest BCUT2D eigenvalue weighted by atomic mass is 9.89. The molecule has 6 unspecified atom stereocenters. The first kappa shape index (κ1) is 29.7. The molecule has 0 aromatic carbocycles. The number of rotatable bonds is 11. The lowest BCUT2D eigenvalue weighted by molar-refractivity contribution is -0.156. The largest absolute Gasteiger partial charge is 0.466 e. The summed E-state index contributed by atoms with van der Waals surface area (Å²) in [4.78, 5) is 56.8. The minimum atomic E-state index is -1.47. The Bertz CT molecular complexity index is 1010. The molecule has 1 aromatic heterocycles. The van der Waals surface area contributed by atoms with E-state index in [2.05, 4.69) is 25.8 Å². The fraction of sp³-hybridized carbons (Fsp3) is 0.760. The van der Waals surface area contributed by atoms with Gasteiger partial charge in [0.25, 0.3) is 0 Å². The Balaban J connectivity index is 1.92. The summed E-state index contributed by atoms with van der Waals surface area (Å²) in [6.45, 7) is 12.7. The fourth-order valence-corrected chi connectivity index (χ4v) is 6.54. The van der Waals surface area contributed by atoms with E-state index in [4.69, 9.17) is 14.2 Å². The van der Waals surface area contributed by atoms with Crippen LogP contribution >= 0.6 is 11.8 Å². The van der Waals surface area contributed by atoms with Crippen molar-refractivity contribution in [3.05, 3.63) is 6.33 Å². The van der Waals surface area contributed by atoms with Gasteiger partial charge >= 0.3 is 18.0 Å². The summed E-state index contributed by atoms with van der Waals surface area (Å²) in [5.41, 5.74) is -2.22. The molecule has 2 saturated carbocycles. The van der Waals surface area contributed by atoms with Gasteiger partial charge < -0.3 is 24.8 Å². The second kappa shape index (κ2) is 11.9. The van der Waals surface area contributed by atoms with E-state index in [1.54, 1.807) is 34.6 Å². The highest BCUT2D eigenvalue weighted by Gasteiger charge is 2.76. The summed E-state index contributed by atoms with van der Waals surface area (Å²) in [6.07, 6.45) is 1.18. The molecular weight excluding hydrogens is 514 g/mol. The van der Waals surface area contributed by atoms with Crippen LogP contribution in [-0.2, 0) is 28.6 Å². The number of esters is 2. The highest BCUT2D eigenvalue weighted by molar-refractivity contribution is 7.99. The van der Waals surface area contributed by atoms with Crippen LogP contribution in [-0.4, -0.2) is 74.8 Å². The Morgan fingerprint density at radius 2 is 1.87 bits per heavy atom. The first-order valence-electron chi connectivity index (χ1n) is 13.0. The van der Waals surface area contributed by atoms with Gasteiger partial charge in [0.15, 0.2) is 5.16 Å². The monoisotopic (exact) mass is 553 g/mol. The van der Waals surface area contributed by atoms with Gasteiger partial charge in [0.1, 0.15) is 23.5 Å². The first-order valence-corrected chi connectivity index (χ1v) is 13.9. The van der Waals surface area contributed by atoms with Gasteiger partial charge in [-0.05, 0) is 59.3 Å². The number of alkyl carbamates (subject to hydrolysis) is 1. The molecule has 38 heavy (non-hydrogen) atoms. The van der Waals surface area contributed by atoms with E-state index >= 15 is 0 Å². The number of hydrogen-bond donors (Lipinski definition) is 3. The summed E-state index contributed by atoms with van der Waals surface area (Å²) in [6, 6.07) is -0.963. The molecule has 2 aliphatic carbocycles. The lowest BCUT2D eigenvalue weighted by Crippen LogP contribution is -2.61. The molecule has 0 aliphatic heterocycles. The van der Waals surface area contributed by atoms with Crippen LogP contribution in [0.1, 0.15) is 61.3 Å². The van der Waals surface area contributed by atoms with Crippen LogP contribution in [0, 0.1) is 23.7 Å². The number of thioether (sulfide) groups is 1. The highest BCUT2D eigenvalue weighted by atomic mass is 32.2. The summed E-state index contributed by atoms with van der Waals surface area (Å²) in [7, 11) is 0. The first-order chi connectivity index (χ1) is 17.8. The van der Waals surface area contributed by atoms with E-state index in [1.165, 1.54) is 18.1 Å². The maximum atomic E-state index is 13.7. The number of fused-ring (bicyclic) bond motifs is 1. The third kappa shape index (κ3) is 6.78. The molecule has 12 nitrogen and oxygen atoms in total. The number of aromatic amines is 1. The van der Waals surface area contributed by atoms with E-state index in [1.807, 2.05) is 13.8 Å². The Morgan fingerprint density at radius 3 is 2.42 bits per heavy atom. The average Bonchev–Trinajstić information content (AvgIpc) is 3.19. The van der Waals surface area contributed by atoms with Gasteiger partial charge in [-0.1, -0.05) is 25.6 Å². The third-order valence-electron chi connectivity index (χ3n) is 6.51. The lowest BCUT2D eigenvalue weighted by Gasteiger charge is -2.34. The van der Waals surface area contributed by atoms with Gasteiger partial charge in [-0.2, -0.15) is 5.10 Å². The molecule has 13 heteroatoms. The molecule has 0 saturated heterocycles. The van der Waals surface area contributed by atoms with Crippen LogP contribution in [0.5, 0.6) is 0 Å². The maximum Gasteiger partial charge on any atom is 0.408 e. The summed E-state index contributed by atoms with van der Waals surface area (Å²) in [5, 5.41) is 12.6. The number of ether oxygens (including phenoxy) is 3. The zero-order chi connectivity index (χ0) is 28.3. The SMILES string of the molecule is CCOC(=O)C1C2C(Sc3ncn[nH]3)CC(NC(=O)C(CC(C)C)NC(=O)OC(C)(C)C)(C(=O)OCC)C12. The third-order valence-corrected chi connectivity index (χ3v) is 7.72. The van der Waals surface area contributed by atoms with Crippen molar-refractivity contribution in [1.29, 1.82) is 0 Å². The standard InChI is InChI=1S/C25H39N5O7S/c1-8-35-20(32)17-16-15(38-22-26-12-27-30-22)11-25(18(16)17,21(33)36-9-2)29-19(31)14(10-13(3)4)28-23(34)37-24(5,6)7/h12-18H,8-11H2,1-7H3,(H,28,34)(H,29,31)(H,26,27,30). The summed E-state index contributed by atoms with van der Waals surface area (Å²) >= 11 is 1.36. The molecule has 212 valence electrons. The fourth-order valence-electron chi connectivity index (χ4n) is 5.20. The van der Waals surface area contributed by atoms with Crippen LogP contribution in [0.15, 0.2) is 11.5 Å². The number of carbonyl (C=O) groups is 4. The van der Waals surface area contributed by atoms with Crippen LogP contribution < -0.4 is 10.6 Å². The molecule has 6 atom stereocenters. The van der Waals surface area contributed by atoms with Crippen molar-refractivity contribution in [2.24, 2.45) is 23.7 Å². The van der Waals surface area contributed by atoms with E-state index in [0.717, 1.165) is 0 Å². The Morgan fingerprint density at radius 1 is 1.18 bits per heavy atom. The van der Waals surface area contributed by atoms with Crippen molar-refractivity contribution in [3.8, 4) is 0 Å². The highest BCUT2D eigenvalue weighted by Crippen LogP contribution is 2.66. The van der Waals surface area contributed by atoms with Crippen molar-refractivity contribution in [3.63, 3.8) is 0 Å². The summed E-state index contributed by atoms with van der Waals surface area (Å²) in [5.74, 6) is -2.87. The molecule has 3 N–H and O–H groups in total. The number of nitrogens with one attached hydrogen (secondary N) is 3. The van der Waals surface area contributed by atoms with E-state index in [-0.39, 0.29) is 36.7 Å². The maximum absolute atomic E-state index is 13.7. The number of aromatic nitrogens is 3. The van der Waals surface area contributed by atoms with Crippen LogP contribution in [0.25, 0.3) is 0 Å². The Kier molecular flexibility index (Phi) is 9.32. The van der Waals surface area contributed by atoms with Gasteiger partial charge in [0.2, 0.25) is 5.91 Å². The Hall–Kier alpha value is -2.83. The molecule has 0 radical (unpaired) electrons. The van der Waals surface area contributed by atoms with Crippen LogP contribution in [0.2, 0.25) is 0 Å². The number of amides is 2. The van der Waals surface area contributed by atoms with Crippen molar-refractivity contribution in [2.45, 2.75) is 88.9 Å². The second-order valence-electron chi connectivity index (χ2n) is 11.0. The molecule has 1 aromatic rings. The van der Waals surface area contributed by atoms with Crippen molar-refractivity contribution in [2.75, 3.05) is 13.2 Å². The topological polar surface area (TPSA) is 162 Å². The predicted molar refractivity (Wildman–Crippen MR) is 138 cm³/mol. The van der Waals surface area contributed by atoms with E-state index in [0.29, 0.717) is 11.6 Å². The predicted octanol–water partition coefficient (Wildman–Crippen LogP) is 2.45. The molecule has 0 spiro atoms. The van der Waals surface area contributed by atoms with Gasteiger partial charge in [0.05, 0.1) is 19.1 Å². The molecule has 2 amide bonds.